The van der Waals surface area contributed by atoms with E-state index in [4.69, 9.17) is 5.73 Å². The number of halogens is 1. The highest BCUT2D eigenvalue weighted by molar-refractivity contribution is 9.10. The van der Waals surface area contributed by atoms with Crippen LogP contribution in [0.4, 0.5) is 5.69 Å². The van der Waals surface area contributed by atoms with Crippen molar-refractivity contribution in [3.8, 4) is 0 Å². The molecule has 0 atom stereocenters. The van der Waals surface area contributed by atoms with Gasteiger partial charge in [-0.3, -0.25) is 14.7 Å². The minimum Gasteiger partial charge on any atom is -0.398 e. The van der Waals surface area contributed by atoms with Gasteiger partial charge in [0.05, 0.1) is 6.54 Å². The van der Waals surface area contributed by atoms with E-state index in [1.165, 1.54) is 16.8 Å². The van der Waals surface area contributed by atoms with Crippen LogP contribution in [0, 0.1) is 0 Å². The molecular weight excluding hydrogens is 286 g/mol. The Labute approximate surface area is 105 Å². The van der Waals surface area contributed by atoms with Crippen LogP contribution in [-0.2, 0) is 6.54 Å². The summed E-state index contributed by atoms with van der Waals surface area (Å²) in [5.41, 5.74) is 6.57. The maximum Gasteiger partial charge on any atom is 0.265 e. The van der Waals surface area contributed by atoms with Gasteiger partial charge in [0, 0.05) is 22.3 Å². The molecule has 0 radical (unpaired) electrons. The molecule has 3 N–H and O–H groups in total. The largest absolute Gasteiger partial charge is 0.398 e. The number of benzene rings is 1. The lowest BCUT2D eigenvalue weighted by Gasteiger charge is -2.08. The molecule has 0 spiro atoms. The number of hydrogen-bond acceptors (Lipinski definition) is 3. The third-order valence-electron chi connectivity index (χ3n) is 2.32. The zero-order valence-electron chi connectivity index (χ0n) is 8.81. The standard InChI is InChI=1S/C11H10BrN3O2/c12-8-2-1-7(9(13)5-8)6-15-11(17)4-3-10(16)14-15/h1-5H,6,13H2,(H,14,16). The predicted molar refractivity (Wildman–Crippen MR) is 69.0 cm³/mol. The smallest absolute Gasteiger partial charge is 0.265 e. The maximum atomic E-state index is 11.5. The van der Waals surface area contributed by atoms with Gasteiger partial charge in [0.2, 0.25) is 0 Å². The number of rotatable bonds is 2. The van der Waals surface area contributed by atoms with Gasteiger partial charge in [-0.1, -0.05) is 22.0 Å². The summed E-state index contributed by atoms with van der Waals surface area (Å²) in [6, 6.07) is 7.81. The summed E-state index contributed by atoms with van der Waals surface area (Å²) in [6.45, 7) is 0.244. The zero-order valence-corrected chi connectivity index (χ0v) is 10.4. The summed E-state index contributed by atoms with van der Waals surface area (Å²) in [5.74, 6) is 0. The first-order valence-electron chi connectivity index (χ1n) is 4.90. The Morgan fingerprint density at radius 3 is 2.71 bits per heavy atom. The highest BCUT2D eigenvalue weighted by atomic mass is 79.9. The molecule has 0 saturated carbocycles. The van der Waals surface area contributed by atoms with E-state index in [1.54, 1.807) is 12.1 Å². The summed E-state index contributed by atoms with van der Waals surface area (Å²) < 4.78 is 2.09. The lowest BCUT2D eigenvalue weighted by atomic mass is 10.2. The van der Waals surface area contributed by atoms with Gasteiger partial charge < -0.3 is 5.73 Å². The van der Waals surface area contributed by atoms with Crippen LogP contribution in [0.2, 0.25) is 0 Å². The molecule has 1 heterocycles. The number of nitrogens with zero attached hydrogens (tertiary/aromatic N) is 1. The number of nitrogens with two attached hydrogens (primary N) is 1. The van der Waals surface area contributed by atoms with Gasteiger partial charge in [-0.05, 0) is 17.7 Å². The summed E-state index contributed by atoms with van der Waals surface area (Å²) in [4.78, 5) is 22.6. The van der Waals surface area contributed by atoms with Crippen molar-refractivity contribution in [2.45, 2.75) is 6.54 Å². The van der Waals surface area contributed by atoms with Gasteiger partial charge in [-0.15, -0.1) is 0 Å². The second kappa shape index (κ2) is 4.58. The van der Waals surface area contributed by atoms with Crippen molar-refractivity contribution in [3.05, 3.63) is 61.1 Å². The molecule has 0 aliphatic rings. The monoisotopic (exact) mass is 295 g/mol. The Morgan fingerprint density at radius 1 is 1.24 bits per heavy atom. The number of nitrogen functional groups attached to an aromatic ring is 1. The molecule has 0 bridgehead atoms. The first-order chi connectivity index (χ1) is 8.06. The molecule has 0 unspecified atom stereocenters. The van der Waals surface area contributed by atoms with Crippen LogP contribution in [0.25, 0.3) is 0 Å². The molecule has 2 rings (SSSR count). The first kappa shape index (κ1) is 11.7. The van der Waals surface area contributed by atoms with Crippen LogP contribution in [0.5, 0.6) is 0 Å². The summed E-state index contributed by atoms with van der Waals surface area (Å²) in [6.07, 6.45) is 0. The molecule has 1 aromatic heterocycles. The third-order valence-corrected chi connectivity index (χ3v) is 2.82. The van der Waals surface area contributed by atoms with E-state index in [0.717, 1.165) is 10.0 Å². The Kier molecular flexibility index (Phi) is 3.14. The van der Waals surface area contributed by atoms with Gasteiger partial charge in [0.25, 0.3) is 11.1 Å². The van der Waals surface area contributed by atoms with E-state index < -0.39 is 0 Å². The Bertz CT molecular complexity index is 660. The average Bonchev–Trinajstić information content (AvgIpc) is 2.27. The van der Waals surface area contributed by atoms with E-state index in [2.05, 4.69) is 21.0 Å². The van der Waals surface area contributed by atoms with E-state index >= 15 is 0 Å². The fourth-order valence-corrected chi connectivity index (χ4v) is 1.84. The predicted octanol–water partition coefficient (Wildman–Crippen LogP) is 0.930. The molecule has 5 nitrogen and oxygen atoms in total. The van der Waals surface area contributed by atoms with Crippen molar-refractivity contribution in [2.75, 3.05) is 5.73 Å². The van der Waals surface area contributed by atoms with Crippen molar-refractivity contribution < 1.29 is 0 Å². The quantitative estimate of drug-likeness (QED) is 0.809. The summed E-state index contributed by atoms with van der Waals surface area (Å²) >= 11 is 3.30. The fraction of sp³-hybridized carbons (Fsp3) is 0.0909. The highest BCUT2D eigenvalue weighted by Crippen LogP contribution is 2.18. The Hall–Kier alpha value is -1.82. The number of nitrogens with one attached hydrogen (secondary N) is 1. The van der Waals surface area contributed by atoms with Gasteiger partial charge in [0.1, 0.15) is 0 Å². The van der Waals surface area contributed by atoms with Gasteiger partial charge >= 0.3 is 0 Å². The molecular formula is C11H10BrN3O2. The van der Waals surface area contributed by atoms with Gasteiger partial charge in [0.15, 0.2) is 0 Å². The highest BCUT2D eigenvalue weighted by Gasteiger charge is 2.03. The molecule has 1 aromatic carbocycles. The van der Waals surface area contributed by atoms with Crippen LogP contribution in [0.15, 0.2) is 44.4 Å². The van der Waals surface area contributed by atoms with Crippen LogP contribution in [0.1, 0.15) is 5.56 Å². The van der Waals surface area contributed by atoms with Crippen molar-refractivity contribution in [2.24, 2.45) is 0 Å². The number of aromatic amines is 1. The summed E-state index contributed by atoms with van der Waals surface area (Å²) in [7, 11) is 0. The summed E-state index contributed by atoms with van der Waals surface area (Å²) in [5, 5.41) is 2.45. The average molecular weight is 296 g/mol. The molecule has 88 valence electrons. The maximum absolute atomic E-state index is 11.5. The second-order valence-electron chi connectivity index (χ2n) is 3.58. The van der Waals surface area contributed by atoms with E-state index in [-0.39, 0.29) is 17.7 Å². The third kappa shape index (κ3) is 2.65. The lowest BCUT2D eigenvalue weighted by Crippen LogP contribution is -2.28. The van der Waals surface area contributed by atoms with Crippen molar-refractivity contribution in [3.63, 3.8) is 0 Å². The minimum absolute atomic E-state index is 0.244. The lowest BCUT2D eigenvalue weighted by molar-refractivity contribution is 0.628. The zero-order chi connectivity index (χ0) is 12.4. The minimum atomic E-state index is -0.319. The SMILES string of the molecule is Nc1cc(Br)ccc1Cn1[nH]c(=O)ccc1=O. The van der Waals surface area contributed by atoms with E-state index in [1.807, 2.05) is 6.07 Å². The molecule has 17 heavy (non-hydrogen) atoms. The first-order valence-corrected chi connectivity index (χ1v) is 5.69. The molecule has 0 amide bonds. The van der Waals surface area contributed by atoms with Crippen LogP contribution in [0.3, 0.4) is 0 Å². The Morgan fingerprint density at radius 2 is 2.00 bits per heavy atom. The molecule has 2 aromatic rings. The van der Waals surface area contributed by atoms with Crippen molar-refractivity contribution in [1.82, 2.24) is 9.78 Å². The normalized spacial score (nSPS) is 10.4. The van der Waals surface area contributed by atoms with Crippen LogP contribution >= 0.6 is 15.9 Å². The van der Waals surface area contributed by atoms with E-state index in [0.29, 0.717) is 5.69 Å². The van der Waals surface area contributed by atoms with E-state index in [9.17, 15) is 9.59 Å². The Balaban J connectivity index is 2.41. The molecule has 0 aliphatic carbocycles. The molecule has 6 heteroatoms. The number of hydrogen-bond donors (Lipinski definition) is 2. The number of H-pyrrole nitrogens is 1. The molecule has 0 saturated heterocycles. The van der Waals surface area contributed by atoms with Crippen LogP contribution < -0.4 is 16.9 Å². The number of aromatic nitrogens is 2. The second-order valence-corrected chi connectivity index (χ2v) is 4.49. The van der Waals surface area contributed by atoms with Crippen molar-refractivity contribution in [1.29, 1.82) is 0 Å². The molecule has 0 fully saturated rings. The van der Waals surface area contributed by atoms with Crippen LogP contribution in [-0.4, -0.2) is 9.78 Å². The topological polar surface area (TPSA) is 80.9 Å². The number of anilines is 1. The molecule has 0 aliphatic heterocycles. The van der Waals surface area contributed by atoms with Gasteiger partial charge in [-0.2, -0.15) is 0 Å². The van der Waals surface area contributed by atoms with Gasteiger partial charge in [-0.25, -0.2) is 4.68 Å². The van der Waals surface area contributed by atoms with Crippen molar-refractivity contribution >= 4 is 21.6 Å². The fourth-order valence-electron chi connectivity index (χ4n) is 1.46.